The van der Waals surface area contributed by atoms with E-state index in [4.69, 9.17) is 0 Å². The number of anilines is 2. The van der Waals surface area contributed by atoms with E-state index in [1.165, 1.54) is 36.3 Å². The number of rotatable bonds is 4. The fourth-order valence-corrected chi connectivity index (χ4v) is 3.32. The molecule has 0 radical (unpaired) electrons. The zero-order valence-corrected chi connectivity index (χ0v) is 14.0. The Labute approximate surface area is 139 Å². The fourth-order valence-electron chi connectivity index (χ4n) is 3.10. The molecule has 0 spiro atoms. The maximum atomic E-state index is 4.40. The summed E-state index contributed by atoms with van der Waals surface area (Å²) in [6, 6.07) is 17.2. The summed E-state index contributed by atoms with van der Waals surface area (Å²) in [5.74, 6) is 0.693. The van der Waals surface area contributed by atoms with Crippen molar-refractivity contribution in [2.45, 2.75) is 24.7 Å². The van der Waals surface area contributed by atoms with Gasteiger partial charge in [-0.1, -0.05) is 23.8 Å². The van der Waals surface area contributed by atoms with Crippen LogP contribution in [0, 0.1) is 12.8 Å². The van der Waals surface area contributed by atoms with E-state index >= 15 is 0 Å². The van der Waals surface area contributed by atoms with Crippen LogP contribution in [0.2, 0.25) is 0 Å². The summed E-state index contributed by atoms with van der Waals surface area (Å²) in [4.78, 5) is 3.53. The van der Waals surface area contributed by atoms with Gasteiger partial charge in [0.25, 0.3) is 0 Å². The lowest BCUT2D eigenvalue weighted by molar-refractivity contribution is 0.432. The van der Waals surface area contributed by atoms with Gasteiger partial charge in [-0.25, -0.2) is 0 Å². The van der Waals surface area contributed by atoms with Crippen molar-refractivity contribution < 1.29 is 0 Å². The standard InChI is InChI=1S/C19H24N2S/c1-15-7-9-18(10-8-15)21-11-3-4-16(14-21)13-20-17-5-2-6-19(22)12-17/h2,5-10,12,16,20,22H,3-4,11,13-14H2,1H3. The van der Waals surface area contributed by atoms with Gasteiger partial charge >= 0.3 is 0 Å². The van der Waals surface area contributed by atoms with E-state index in [1.54, 1.807) is 0 Å². The Morgan fingerprint density at radius 3 is 2.77 bits per heavy atom. The van der Waals surface area contributed by atoms with Crippen LogP contribution in [0.25, 0.3) is 0 Å². The third-order valence-corrected chi connectivity index (χ3v) is 4.64. The number of piperidine rings is 1. The normalized spacial score (nSPS) is 18.3. The molecule has 22 heavy (non-hydrogen) atoms. The van der Waals surface area contributed by atoms with Crippen molar-refractivity contribution in [1.82, 2.24) is 0 Å². The maximum absolute atomic E-state index is 4.40. The van der Waals surface area contributed by atoms with Gasteiger partial charge in [-0.3, -0.25) is 0 Å². The lowest BCUT2D eigenvalue weighted by Gasteiger charge is -2.34. The monoisotopic (exact) mass is 312 g/mol. The molecule has 0 saturated carbocycles. The molecule has 0 aliphatic carbocycles. The molecule has 1 unspecified atom stereocenters. The largest absolute Gasteiger partial charge is 0.385 e. The molecule has 3 heteroatoms. The molecule has 1 fully saturated rings. The highest BCUT2D eigenvalue weighted by Gasteiger charge is 2.19. The summed E-state index contributed by atoms with van der Waals surface area (Å²) in [6.07, 6.45) is 2.57. The first-order valence-electron chi connectivity index (χ1n) is 8.05. The number of hydrogen-bond donors (Lipinski definition) is 2. The third-order valence-electron chi connectivity index (χ3n) is 4.36. The predicted octanol–water partition coefficient (Wildman–Crippen LogP) is 4.61. The van der Waals surface area contributed by atoms with E-state index in [-0.39, 0.29) is 0 Å². The minimum atomic E-state index is 0.693. The summed E-state index contributed by atoms with van der Waals surface area (Å²) in [5, 5.41) is 3.56. The summed E-state index contributed by atoms with van der Waals surface area (Å²) in [6.45, 7) is 5.48. The van der Waals surface area contributed by atoms with Crippen LogP contribution in [0.5, 0.6) is 0 Å². The van der Waals surface area contributed by atoms with E-state index in [1.807, 2.05) is 12.1 Å². The van der Waals surface area contributed by atoms with Crippen LogP contribution < -0.4 is 10.2 Å². The average molecular weight is 312 g/mol. The van der Waals surface area contributed by atoms with E-state index in [0.29, 0.717) is 5.92 Å². The van der Waals surface area contributed by atoms with Gasteiger partial charge < -0.3 is 10.2 Å². The van der Waals surface area contributed by atoms with Crippen LogP contribution in [-0.4, -0.2) is 19.6 Å². The second-order valence-corrected chi connectivity index (χ2v) is 6.74. The van der Waals surface area contributed by atoms with E-state index in [0.717, 1.165) is 18.0 Å². The minimum absolute atomic E-state index is 0.693. The third kappa shape index (κ3) is 3.98. The number of nitrogens with zero attached hydrogens (tertiary/aromatic N) is 1. The van der Waals surface area contributed by atoms with E-state index in [2.05, 4.69) is 66.2 Å². The van der Waals surface area contributed by atoms with Gasteiger partial charge in [0.1, 0.15) is 0 Å². The Kier molecular flexibility index (Phi) is 4.94. The zero-order valence-electron chi connectivity index (χ0n) is 13.1. The summed E-state index contributed by atoms with van der Waals surface area (Å²) in [7, 11) is 0. The quantitative estimate of drug-likeness (QED) is 0.801. The van der Waals surface area contributed by atoms with E-state index in [9.17, 15) is 0 Å². The second-order valence-electron chi connectivity index (χ2n) is 6.22. The molecule has 1 saturated heterocycles. The minimum Gasteiger partial charge on any atom is -0.385 e. The number of benzene rings is 2. The molecule has 2 aromatic carbocycles. The first kappa shape index (κ1) is 15.3. The van der Waals surface area contributed by atoms with Crippen molar-refractivity contribution in [3.63, 3.8) is 0 Å². The molecule has 2 nitrogen and oxygen atoms in total. The maximum Gasteiger partial charge on any atom is 0.0366 e. The topological polar surface area (TPSA) is 15.3 Å². The molecular weight excluding hydrogens is 288 g/mol. The van der Waals surface area contributed by atoms with Crippen LogP contribution in [0.1, 0.15) is 18.4 Å². The Bertz CT molecular complexity index is 609. The number of aryl methyl sites for hydroxylation is 1. The van der Waals surface area contributed by atoms with Crippen LogP contribution in [0.4, 0.5) is 11.4 Å². The van der Waals surface area contributed by atoms with Gasteiger partial charge in [-0.15, -0.1) is 12.6 Å². The zero-order chi connectivity index (χ0) is 15.4. The van der Waals surface area contributed by atoms with Crippen molar-refractivity contribution >= 4 is 24.0 Å². The van der Waals surface area contributed by atoms with Crippen LogP contribution in [0.3, 0.4) is 0 Å². The molecule has 1 atom stereocenters. The Morgan fingerprint density at radius 1 is 1.18 bits per heavy atom. The number of thiol groups is 1. The molecule has 1 aliphatic rings. The smallest absolute Gasteiger partial charge is 0.0366 e. The van der Waals surface area contributed by atoms with Crippen molar-refractivity contribution in [3.8, 4) is 0 Å². The van der Waals surface area contributed by atoms with Crippen LogP contribution in [-0.2, 0) is 0 Å². The Morgan fingerprint density at radius 2 is 2.00 bits per heavy atom. The molecule has 0 amide bonds. The van der Waals surface area contributed by atoms with Crippen molar-refractivity contribution in [2.75, 3.05) is 29.9 Å². The van der Waals surface area contributed by atoms with Crippen molar-refractivity contribution in [3.05, 3.63) is 54.1 Å². The molecular formula is C19H24N2S. The predicted molar refractivity (Wildman–Crippen MR) is 98.3 cm³/mol. The first-order valence-corrected chi connectivity index (χ1v) is 8.50. The molecule has 0 bridgehead atoms. The molecule has 2 aromatic rings. The molecule has 3 rings (SSSR count). The molecule has 116 valence electrons. The highest BCUT2D eigenvalue weighted by molar-refractivity contribution is 7.80. The fraction of sp³-hybridized carbons (Fsp3) is 0.368. The van der Waals surface area contributed by atoms with Crippen LogP contribution >= 0.6 is 12.6 Å². The molecule has 0 aromatic heterocycles. The van der Waals surface area contributed by atoms with Gasteiger partial charge in [0.05, 0.1) is 0 Å². The van der Waals surface area contributed by atoms with Crippen LogP contribution in [0.15, 0.2) is 53.4 Å². The van der Waals surface area contributed by atoms with Crippen molar-refractivity contribution in [1.29, 1.82) is 0 Å². The molecule has 1 aliphatic heterocycles. The first-order chi connectivity index (χ1) is 10.7. The molecule has 1 heterocycles. The lowest BCUT2D eigenvalue weighted by atomic mass is 9.97. The van der Waals surface area contributed by atoms with Gasteiger partial charge in [-0.05, 0) is 56.0 Å². The SMILES string of the molecule is Cc1ccc(N2CCCC(CNc3cccc(S)c3)C2)cc1. The lowest BCUT2D eigenvalue weighted by Crippen LogP contribution is -2.38. The Balaban J connectivity index is 1.57. The number of hydrogen-bond acceptors (Lipinski definition) is 3. The van der Waals surface area contributed by atoms with Gasteiger partial charge in [0, 0.05) is 35.9 Å². The summed E-state index contributed by atoms with van der Waals surface area (Å²) < 4.78 is 0. The highest BCUT2D eigenvalue weighted by Crippen LogP contribution is 2.24. The number of nitrogens with one attached hydrogen (secondary N) is 1. The van der Waals surface area contributed by atoms with E-state index < -0.39 is 0 Å². The second kappa shape index (κ2) is 7.10. The average Bonchev–Trinajstić information content (AvgIpc) is 2.54. The Hall–Kier alpha value is -1.61. The summed E-state index contributed by atoms with van der Waals surface area (Å²) >= 11 is 4.40. The summed E-state index contributed by atoms with van der Waals surface area (Å²) in [5.41, 5.74) is 3.85. The van der Waals surface area contributed by atoms with Gasteiger partial charge in [0.2, 0.25) is 0 Å². The van der Waals surface area contributed by atoms with Gasteiger partial charge in [0.15, 0.2) is 0 Å². The highest BCUT2D eigenvalue weighted by atomic mass is 32.1. The van der Waals surface area contributed by atoms with Gasteiger partial charge in [-0.2, -0.15) is 0 Å². The van der Waals surface area contributed by atoms with Crippen molar-refractivity contribution in [2.24, 2.45) is 5.92 Å². The molecule has 1 N–H and O–H groups in total.